The fourth-order valence-corrected chi connectivity index (χ4v) is 3.52. The molecule has 1 aromatic carbocycles. The third-order valence-electron chi connectivity index (χ3n) is 4.46. The second kappa shape index (κ2) is 10.8. The van der Waals surface area contributed by atoms with Gasteiger partial charge in [-0.15, -0.1) is 11.3 Å². The molecule has 0 bridgehead atoms. The van der Waals surface area contributed by atoms with Crippen molar-refractivity contribution in [2.45, 2.75) is 12.4 Å². The van der Waals surface area contributed by atoms with E-state index in [4.69, 9.17) is 21.0 Å². The van der Waals surface area contributed by atoms with Crippen molar-refractivity contribution in [3.05, 3.63) is 40.4 Å². The predicted molar refractivity (Wildman–Crippen MR) is 119 cm³/mol. The van der Waals surface area contributed by atoms with E-state index in [1.165, 1.54) is 17.5 Å². The molecule has 1 atom stereocenters. The first-order chi connectivity index (χ1) is 15.8. The summed E-state index contributed by atoms with van der Waals surface area (Å²) in [4.78, 5) is 45.0. The lowest BCUT2D eigenvalue weighted by atomic mass is 9.72. The number of carbonyl (C=O) groups excluding carboxylic acids is 2. The van der Waals surface area contributed by atoms with Crippen molar-refractivity contribution in [1.82, 2.24) is 15.6 Å². The third kappa shape index (κ3) is 5.97. The molecule has 2 amide bonds. The van der Waals surface area contributed by atoms with Gasteiger partial charge in [0.05, 0.1) is 11.5 Å². The molecular formula is C18H21BN6O7S. The van der Waals surface area contributed by atoms with E-state index in [1.54, 1.807) is 6.07 Å². The van der Waals surface area contributed by atoms with Crippen molar-refractivity contribution in [3.63, 3.8) is 0 Å². The van der Waals surface area contributed by atoms with Crippen LogP contribution >= 0.6 is 11.3 Å². The average Bonchev–Trinajstić information content (AvgIpc) is 3.20. The number of rotatable bonds is 9. The Balaban J connectivity index is 1.75. The summed E-state index contributed by atoms with van der Waals surface area (Å²) in [5, 5.41) is 30.1. The molecule has 0 saturated heterocycles. The van der Waals surface area contributed by atoms with Crippen molar-refractivity contribution in [2.24, 2.45) is 10.9 Å². The van der Waals surface area contributed by atoms with E-state index in [-0.39, 0.29) is 47.4 Å². The Labute approximate surface area is 191 Å². The number of aromatic nitrogens is 1. The predicted octanol–water partition coefficient (Wildman–Crippen LogP) is -1.64. The Kier molecular flexibility index (Phi) is 7.81. The van der Waals surface area contributed by atoms with Gasteiger partial charge in [0.15, 0.2) is 17.5 Å². The molecule has 0 aliphatic carbocycles. The van der Waals surface area contributed by atoms with Crippen LogP contribution < -0.4 is 26.8 Å². The summed E-state index contributed by atoms with van der Waals surface area (Å²) >= 11 is 1.07. The summed E-state index contributed by atoms with van der Waals surface area (Å²) < 4.78 is 5.37. The van der Waals surface area contributed by atoms with Crippen LogP contribution in [0.1, 0.15) is 21.6 Å². The van der Waals surface area contributed by atoms with E-state index >= 15 is 0 Å². The minimum atomic E-state index is -1.52. The van der Waals surface area contributed by atoms with Crippen LogP contribution in [-0.4, -0.2) is 71.4 Å². The van der Waals surface area contributed by atoms with Gasteiger partial charge in [0.1, 0.15) is 11.4 Å². The SMILES string of the molecule is NCCNC(=O)CO/N=C(\C(=O)N[C@H]1Cc2cccc(C(=O)O)c2OB1O)c1csc(N)n1. The minimum absolute atomic E-state index is 0.0380. The van der Waals surface area contributed by atoms with Gasteiger partial charge in [0.25, 0.3) is 11.8 Å². The number of aromatic carboxylic acids is 1. The Hall–Kier alpha value is -3.69. The van der Waals surface area contributed by atoms with Gasteiger partial charge in [-0.25, -0.2) is 9.78 Å². The number of fused-ring (bicyclic) bond motifs is 1. The zero-order valence-corrected chi connectivity index (χ0v) is 18.0. The smallest absolute Gasteiger partial charge is 0.534 e. The molecule has 1 aliphatic heterocycles. The Morgan fingerprint density at radius 2 is 2.18 bits per heavy atom. The highest BCUT2D eigenvalue weighted by Crippen LogP contribution is 2.30. The molecule has 3 rings (SSSR count). The molecule has 1 aromatic heterocycles. The van der Waals surface area contributed by atoms with Crippen LogP contribution in [0.25, 0.3) is 0 Å². The fraction of sp³-hybridized carbons (Fsp3) is 0.278. The van der Waals surface area contributed by atoms with Crippen LogP contribution in [0.3, 0.4) is 0 Å². The number of carboxylic acid groups (broad SMARTS) is 1. The molecule has 8 N–H and O–H groups in total. The quantitative estimate of drug-likeness (QED) is 0.138. The molecule has 174 valence electrons. The number of nitrogen functional groups attached to an aromatic ring is 1. The number of anilines is 1. The van der Waals surface area contributed by atoms with E-state index in [0.29, 0.717) is 5.56 Å². The standard InChI is InChI=1S/C18H21BN6O7S/c20-4-5-22-13(26)7-31-25-14(11-8-33-18(21)23-11)16(27)24-12-6-9-2-1-3-10(17(28)29)15(9)32-19(12)30/h1-3,8,12,30H,4-7,20H2,(H2,21,23)(H,22,26)(H,24,27)(H,28,29)/b25-14-/t12-/m0/s1. The highest BCUT2D eigenvalue weighted by Gasteiger charge is 2.38. The molecule has 2 aromatic rings. The maximum atomic E-state index is 12.9. The first kappa shape index (κ1) is 24.0. The molecule has 1 aliphatic rings. The van der Waals surface area contributed by atoms with Gasteiger partial charge in [-0.2, -0.15) is 0 Å². The topological polar surface area (TPSA) is 211 Å². The number of nitrogens with two attached hydrogens (primary N) is 2. The van der Waals surface area contributed by atoms with Crippen LogP contribution in [0.15, 0.2) is 28.7 Å². The number of amides is 2. The molecule has 15 heteroatoms. The third-order valence-corrected chi connectivity index (χ3v) is 5.14. The summed E-state index contributed by atoms with van der Waals surface area (Å²) in [6.45, 7) is 0.0487. The first-order valence-electron chi connectivity index (χ1n) is 9.69. The normalized spacial score (nSPS) is 15.3. The molecule has 0 spiro atoms. The molecular weight excluding hydrogens is 455 g/mol. The molecule has 13 nitrogen and oxygen atoms in total. The number of oxime groups is 1. The molecule has 33 heavy (non-hydrogen) atoms. The van der Waals surface area contributed by atoms with Crippen molar-refractivity contribution < 1.29 is 34.0 Å². The number of benzene rings is 1. The average molecular weight is 476 g/mol. The molecule has 0 fully saturated rings. The second-order valence-corrected chi connectivity index (χ2v) is 7.70. The van der Waals surface area contributed by atoms with Gasteiger partial charge in [-0.05, 0) is 18.1 Å². The number of thiazole rings is 1. The van der Waals surface area contributed by atoms with Crippen LogP contribution in [0.2, 0.25) is 0 Å². The monoisotopic (exact) mass is 476 g/mol. The number of hydrogen-bond acceptors (Lipinski definition) is 11. The van der Waals surface area contributed by atoms with Crippen molar-refractivity contribution >= 4 is 47.1 Å². The summed E-state index contributed by atoms with van der Waals surface area (Å²) in [6.07, 6.45) is 0.0954. The zero-order valence-electron chi connectivity index (χ0n) is 17.2. The Bertz CT molecular complexity index is 1080. The number of carboxylic acids is 1. The van der Waals surface area contributed by atoms with E-state index in [2.05, 4.69) is 20.8 Å². The fourth-order valence-electron chi connectivity index (χ4n) is 2.97. The number of nitrogens with one attached hydrogen (secondary N) is 2. The highest BCUT2D eigenvalue weighted by molar-refractivity contribution is 7.13. The van der Waals surface area contributed by atoms with E-state index < -0.39 is 37.5 Å². The van der Waals surface area contributed by atoms with Crippen LogP contribution in [0, 0.1) is 0 Å². The van der Waals surface area contributed by atoms with Gasteiger partial charge in [0, 0.05) is 18.5 Å². The van der Waals surface area contributed by atoms with Crippen LogP contribution in [0.4, 0.5) is 5.13 Å². The lowest BCUT2D eigenvalue weighted by molar-refractivity contribution is -0.125. The maximum Gasteiger partial charge on any atom is 0.547 e. The number of hydrogen-bond donors (Lipinski definition) is 6. The molecule has 0 saturated carbocycles. The highest BCUT2D eigenvalue weighted by atomic mass is 32.1. The Morgan fingerprint density at radius 1 is 1.39 bits per heavy atom. The van der Waals surface area contributed by atoms with E-state index in [9.17, 15) is 24.5 Å². The molecule has 2 heterocycles. The van der Waals surface area contributed by atoms with Gasteiger partial charge in [-0.1, -0.05) is 17.3 Å². The van der Waals surface area contributed by atoms with E-state index in [1.807, 2.05) is 0 Å². The lowest BCUT2D eigenvalue weighted by Gasteiger charge is -2.28. The van der Waals surface area contributed by atoms with Crippen molar-refractivity contribution in [1.29, 1.82) is 0 Å². The van der Waals surface area contributed by atoms with Crippen LogP contribution in [0.5, 0.6) is 5.75 Å². The minimum Gasteiger partial charge on any atom is -0.534 e. The van der Waals surface area contributed by atoms with E-state index in [0.717, 1.165) is 11.3 Å². The van der Waals surface area contributed by atoms with Crippen molar-refractivity contribution in [2.75, 3.05) is 25.4 Å². The second-order valence-electron chi connectivity index (χ2n) is 6.81. The van der Waals surface area contributed by atoms with Gasteiger partial charge >= 0.3 is 13.1 Å². The molecule has 0 radical (unpaired) electrons. The van der Waals surface area contributed by atoms with Gasteiger partial charge in [0.2, 0.25) is 0 Å². The largest absolute Gasteiger partial charge is 0.547 e. The van der Waals surface area contributed by atoms with Crippen LogP contribution in [-0.2, 0) is 20.8 Å². The number of para-hydroxylation sites is 1. The summed E-state index contributed by atoms with van der Waals surface area (Å²) in [6, 6.07) is 4.52. The summed E-state index contributed by atoms with van der Waals surface area (Å²) in [7, 11) is -1.52. The van der Waals surface area contributed by atoms with Gasteiger partial charge < -0.3 is 41.7 Å². The number of nitrogens with zero attached hydrogens (tertiary/aromatic N) is 2. The van der Waals surface area contributed by atoms with Gasteiger partial charge in [-0.3, -0.25) is 9.59 Å². The lowest BCUT2D eigenvalue weighted by Crippen LogP contribution is -2.54. The summed E-state index contributed by atoms with van der Waals surface area (Å²) in [5.41, 5.74) is 11.2. The Morgan fingerprint density at radius 3 is 2.85 bits per heavy atom. The zero-order chi connectivity index (χ0) is 24.0. The molecule has 0 unspecified atom stereocenters. The maximum absolute atomic E-state index is 12.9. The summed E-state index contributed by atoms with van der Waals surface area (Å²) in [5.74, 6) is -3.35. The first-order valence-corrected chi connectivity index (χ1v) is 10.6. The van der Waals surface area contributed by atoms with Crippen molar-refractivity contribution in [3.8, 4) is 5.75 Å². The number of carbonyl (C=O) groups is 3.